The second kappa shape index (κ2) is 4.37. The number of nitrogens with one attached hydrogen (secondary N) is 1. The van der Waals surface area contributed by atoms with Gasteiger partial charge in [0.05, 0.1) is 11.4 Å². The normalized spacial score (nSPS) is 10.5. The van der Waals surface area contributed by atoms with Crippen molar-refractivity contribution in [3.8, 4) is 11.5 Å². The highest BCUT2D eigenvalue weighted by Crippen LogP contribution is 2.23. The van der Waals surface area contributed by atoms with E-state index in [4.69, 9.17) is 0 Å². The fourth-order valence-electron chi connectivity index (χ4n) is 1.67. The monoisotopic (exact) mass is 233 g/mol. The maximum atomic E-state index is 9.62. The lowest BCUT2D eigenvalue weighted by atomic mass is 10.2. The molecule has 0 spiro atoms. The van der Waals surface area contributed by atoms with Crippen molar-refractivity contribution in [2.24, 2.45) is 7.05 Å². The van der Waals surface area contributed by atoms with E-state index < -0.39 is 0 Å². The van der Waals surface area contributed by atoms with Gasteiger partial charge in [0.1, 0.15) is 11.5 Å². The van der Waals surface area contributed by atoms with Gasteiger partial charge in [-0.05, 0) is 19.1 Å². The van der Waals surface area contributed by atoms with Crippen molar-refractivity contribution in [1.29, 1.82) is 0 Å². The summed E-state index contributed by atoms with van der Waals surface area (Å²) in [5.74, 6) is 0.142. The summed E-state index contributed by atoms with van der Waals surface area (Å²) in [4.78, 5) is 0. The van der Waals surface area contributed by atoms with E-state index in [1.165, 1.54) is 6.07 Å². The van der Waals surface area contributed by atoms with Crippen LogP contribution in [-0.4, -0.2) is 20.0 Å². The van der Waals surface area contributed by atoms with E-state index in [0.717, 1.165) is 16.9 Å². The van der Waals surface area contributed by atoms with E-state index in [-0.39, 0.29) is 11.5 Å². The van der Waals surface area contributed by atoms with Crippen LogP contribution in [0.15, 0.2) is 24.4 Å². The van der Waals surface area contributed by atoms with E-state index in [1.54, 1.807) is 16.8 Å². The van der Waals surface area contributed by atoms with Crippen molar-refractivity contribution in [3.05, 3.63) is 35.7 Å². The van der Waals surface area contributed by atoms with E-state index in [2.05, 4.69) is 10.4 Å². The summed E-state index contributed by atoms with van der Waals surface area (Å²) in [7, 11) is 1.86. The molecule has 0 bridgehead atoms. The minimum atomic E-state index is 0.0591. The number of rotatable bonds is 3. The molecule has 1 aromatic heterocycles. The molecule has 90 valence electrons. The van der Waals surface area contributed by atoms with Crippen LogP contribution in [0.5, 0.6) is 11.5 Å². The van der Waals surface area contributed by atoms with Crippen LogP contribution in [0.4, 0.5) is 5.69 Å². The molecule has 0 unspecified atom stereocenters. The van der Waals surface area contributed by atoms with Crippen molar-refractivity contribution in [1.82, 2.24) is 9.78 Å². The number of aromatic nitrogens is 2. The van der Waals surface area contributed by atoms with Crippen LogP contribution in [0.1, 0.15) is 11.3 Å². The van der Waals surface area contributed by atoms with Gasteiger partial charge in [-0.2, -0.15) is 5.10 Å². The van der Waals surface area contributed by atoms with Crippen LogP contribution in [0.2, 0.25) is 0 Å². The first-order chi connectivity index (χ1) is 8.06. The molecule has 0 radical (unpaired) electrons. The zero-order valence-electron chi connectivity index (χ0n) is 9.81. The van der Waals surface area contributed by atoms with Crippen LogP contribution in [0, 0.1) is 6.92 Å². The first-order valence-corrected chi connectivity index (χ1v) is 5.31. The van der Waals surface area contributed by atoms with Gasteiger partial charge in [0.15, 0.2) is 0 Å². The molecular weight excluding hydrogens is 218 g/mol. The number of anilines is 1. The lowest BCUT2D eigenvalue weighted by molar-refractivity contribution is 0.446. The molecular formula is C12H15N3O2. The van der Waals surface area contributed by atoms with Crippen molar-refractivity contribution < 1.29 is 10.2 Å². The van der Waals surface area contributed by atoms with Crippen LogP contribution >= 0.6 is 0 Å². The summed E-state index contributed by atoms with van der Waals surface area (Å²) in [6.07, 6.45) is 1.88. The number of aromatic hydroxyl groups is 2. The Hall–Kier alpha value is -2.17. The topological polar surface area (TPSA) is 70.3 Å². The van der Waals surface area contributed by atoms with Crippen LogP contribution < -0.4 is 5.32 Å². The molecule has 0 aliphatic rings. The highest BCUT2D eigenvalue weighted by atomic mass is 16.3. The molecule has 5 nitrogen and oxygen atoms in total. The van der Waals surface area contributed by atoms with Gasteiger partial charge < -0.3 is 15.5 Å². The Morgan fingerprint density at radius 1 is 1.35 bits per heavy atom. The Labute approximate surface area is 99.3 Å². The molecule has 0 aliphatic heterocycles. The molecule has 1 aromatic carbocycles. The Morgan fingerprint density at radius 2 is 2.12 bits per heavy atom. The predicted octanol–water partition coefficient (Wildman–Crippen LogP) is 1.75. The Balaban J connectivity index is 2.10. The van der Waals surface area contributed by atoms with Crippen molar-refractivity contribution in [3.63, 3.8) is 0 Å². The molecule has 5 heteroatoms. The Bertz CT molecular complexity index is 535. The molecule has 0 fully saturated rings. The molecule has 0 saturated heterocycles. The van der Waals surface area contributed by atoms with E-state index in [0.29, 0.717) is 6.54 Å². The van der Waals surface area contributed by atoms with Gasteiger partial charge in [-0.3, -0.25) is 4.68 Å². The molecule has 0 aliphatic carbocycles. The summed E-state index contributed by atoms with van der Waals surface area (Å²) >= 11 is 0. The van der Waals surface area contributed by atoms with Crippen molar-refractivity contribution in [2.75, 3.05) is 5.32 Å². The number of nitrogens with zero attached hydrogens (tertiary/aromatic N) is 2. The lowest BCUT2D eigenvalue weighted by Crippen LogP contribution is -1.99. The first-order valence-electron chi connectivity index (χ1n) is 5.31. The SMILES string of the molecule is Cc1nn(C)cc1NCc1ccc(O)cc1O. The molecule has 17 heavy (non-hydrogen) atoms. The largest absolute Gasteiger partial charge is 0.508 e. The fraction of sp³-hybridized carbons (Fsp3) is 0.250. The summed E-state index contributed by atoms with van der Waals surface area (Å²) in [5.41, 5.74) is 2.57. The van der Waals surface area contributed by atoms with Gasteiger partial charge in [0, 0.05) is 31.4 Å². The summed E-state index contributed by atoms with van der Waals surface area (Å²) in [5, 5.41) is 26.2. The standard InChI is InChI=1S/C12H15N3O2/c1-8-11(7-15(2)14-8)13-6-9-3-4-10(16)5-12(9)17/h3-5,7,13,16-17H,6H2,1-2H3. The maximum Gasteiger partial charge on any atom is 0.124 e. The first kappa shape index (κ1) is 11.3. The van der Waals surface area contributed by atoms with Crippen LogP contribution in [0.25, 0.3) is 0 Å². The number of aryl methyl sites for hydroxylation is 2. The number of benzene rings is 1. The number of phenols is 2. The van der Waals surface area contributed by atoms with Gasteiger partial charge >= 0.3 is 0 Å². The van der Waals surface area contributed by atoms with Gasteiger partial charge in [-0.15, -0.1) is 0 Å². The Morgan fingerprint density at radius 3 is 2.71 bits per heavy atom. The van der Waals surface area contributed by atoms with Gasteiger partial charge in [0.25, 0.3) is 0 Å². The molecule has 0 atom stereocenters. The molecule has 0 saturated carbocycles. The Kier molecular flexibility index (Phi) is 2.91. The van der Waals surface area contributed by atoms with E-state index >= 15 is 0 Å². The number of phenolic OH excluding ortho intramolecular Hbond substituents is 2. The zero-order chi connectivity index (χ0) is 12.4. The quantitative estimate of drug-likeness (QED) is 0.755. The third kappa shape index (κ3) is 2.50. The molecule has 1 heterocycles. The minimum absolute atomic E-state index is 0.0591. The highest BCUT2D eigenvalue weighted by molar-refractivity contribution is 5.48. The van der Waals surface area contributed by atoms with Crippen molar-refractivity contribution in [2.45, 2.75) is 13.5 Å². The molecule has 2 aromatic rings. The zero-order valence-corrected chi connectivity index (χ0v) is 9.81. The minimum Gasteiger partial charge on any atom is -0.508 e. The fourth-order valence-corrected chi connectivity index (χ4v) is 1.67. The summed E-state index contributed by atoms with van der Waals surface area (Å²) in [6, 6.07) is 4.56. The molecule has 3 N–H and O–H groups in total. The second-order valence-corrected chi connectivity index (χ2v) is 3.97. The highest BCUT2D eigenvalue weighted by Gasteiger charge is 2.05. The lowest BCUT2D eigenvalue weighted by Gasteiger charge is -2.07. The van der Waals surface area contributed by atoms with Crippen molar-refractivity contribution >= 4 is 5.69 Å². The van der Waals surface area contributed by atoms with Gasteiger partial charge in [-0.1, -0.05) is 0 Å². The second-order valence-electron chi connectivity index (χ2n) is 3.97. The smallest absolute Gasteiger partial charge is 0.124 e. The number of hydrogen-bond donors (Lipinski definition) is 3. The molecule has 2 rings (SSSR count). The van der Waals surface area contributed by atoms with E-state index in [1.807, 2.05) is 20.2 Å². The average molecular weight is 233 g/mol. The van der Waals surface area contributed by atoms with Crippen LogP contribution in [0.3, 0.4) is 0 Å². The summed E-state index contributed by atoms with van der Waals surface area (Å²) in [6.45, 7) is 2.40. The number of hydrogen-bond acceptors (Lipinski definition) is 4. The average Bonchev–Trinajstić information content (AvgIpc) is 2.56. The third-order valence-corrected chi connectivity index (χ3v) is 2.55. The van der Waals surface area contributed by atoms with E-state index in [9.17, 15) is 10.2 Å². The van der Waals surface area contributed by atoms with Crippen LogP contribution in [-0.2, 0) is 13.6 Å². The van der Waals surface area contributed by atoms with Gasteiger partial charge in [-0.25, -0.2) is 0 Å². The third-order valence-electron chi connectivity index (χ3n) is 2.55. The molecule has 0 amide bonds. The predicted molar refractivity (Wildman–Crippen MR) is 65.0 cm³/mol. The maximum absolute atomic E-state index is 9.62. The van der Waals surface area contributed by atoms with Gasteiger partial charge in [0.2, 0.25) is 0 Å². The summed E-state index contributed by atoms with van der Waals surface area (Å²) < 4.78 is 1.73.